The van der Waals surface area contributed by atoms with Crippen molar-refractivity contribution in [2.75, 3.05) is 11.9 Å². The van der Waals surface area contributed by atoms with Gasteiger partial charge in [0.05, 0.1) is 33.5 Å². The van der Waals surface area contributed by atoms with Gasteiger partial charge in [-0.3, -0.25) is 8.98 Å². The maximum atomic E-state index is 13.5. The number of aliphatic hydroxyl groups is 1. The van der Waals surface area contributed by atoms with E-state index in [1.54, 1.807) is 6.07 Å². The molecule has 2 aliphatic rings. The van der Waals surface area contributed by atoms with E-state index in [2.05, 4.69) is 24.8 Å². The van der Waals surface area contributed by atoms with Crippen LogP contribution in [0.3, 0.4) is 0 Å². The van der Waals surface area contributed by atoms with Crippen LogP contribution in [0.15, 0.2) is 36.8 Å². The molecule has 14 heteroatoms. The number of nitrogens with one attached hydrogen (secondary N) is 2. The largest absolute Gasteiger partial charge is 0.393 e. The van der Waals surface area contributed by atoms with Crippen LogP contribution in [-0.2, 0) is 21.0 Å². The Morgan fingerprint density at radius 3 is 2.86 bits per heavy atom. The van der Waals surface area contributed by atoms with E-state index in [0.717, 1.165) is 16.7 Å². The number of benzene rings is 1. The monoisotopic (exact) mass is 583 g/mol. The minimum absolute atomic E-state index is 0.180. The van der Waals surface area contributed by atoms with E-state index < -0.39 is 22.3 Å². The number of aliphatic hydroxyl groups excluding tert-OH is 1. The molecule has 1 saturated carbocycles. The number of thiophene rings is 1. The van der Waals surface area contributed by atoms with E-state index in [0.29, 0.717) is 39.4 Å². The number of fused-ring (bicyclic) bond motifs is 1. The molecule has 3 aromatic rings. The maximum absolute atomic E-state index is 13.5. The number of anilines is 1. The standard InChI is InChI=1S/C23H23Cl2N5O5S2/c24-13-2-1-11-7-28-20(15(11)4-13)16-6-19(36-22(16)25)21(32)17-8-27-10-29-23(17)30-14-3-12(18(31)5-14)9-35-37(26,33)34/h1-2,4,6,8,10,12,14,18,20,28,31H,3,5,7,9H2,(H2,26,33,34)(H,27,29,30)/t12-,14-,18+,20-/m1/s1. The Morgan fingerprint density at radius 2 is 2.08 bits per heavy atom. The van der Waals surface area contributed by atoms with Crippen molar-refractivity contribution in [2.24, 2.45) is 11.1 Å². The Bertz CT molecular complexity index is 1450. The van der Waals surface area contributed by atoms with Gasteiger partial charge in [0.15, 0.2) is 0 Å². The Labute approximate surface area is 227 Å². The normalized spacial score (nSPS) is 23.2. The van der Waals surface area contributed by atoms with Crippen molar-refractivity contribution in [3.8, 4) is 0 Å². The molecule has 37 heavy (non-hydrogen) atoms. The summed E-state index contributed by atoms with van der Waals surface area (Å²) in [7, 11) is -4.10. The molecular formula is C23H23Cl2N5O5S2. The molecule has 3 heterocycles. The number of carbonyl (C=O) groups is 1. The van der Waals surface area contributed by atoms with Gasteiger partial charge >= 0.3 is 10.3 Å². The summed E-state index contributed by atoms with van der Waals surface area (Å²) in [6.45, 7) is 0.442. The minimum atomic E-state index is -4.10. The molecule has 0 spiro atoms. The fourth-order valence-corrected chi connectivity index (χ4v) is 6.64. The highest BCUT2D eigenvalue weighted by Gasteiger charge is 2.35. The Hall–Kier alpha value is -2.16. The summed E-state index contributed by atoms with van der Waals surface area (Å²) >= 11 is 14.0. The Balaban J connectivity index is 1.34. The lowest BCUT2D eigenvalue weighted by molar-refractivity contribution is 0.101. The summed E-state index contributed by atoms with van der Waals surface area (Å²) in [5, 5.41) is 22.5. The lowest BCUT2D eigenvalue weighted by Crippen LogP contribution is -2.24. The number of rotatable bonds is 8. The van der Waals surface area contributed by atoms with Gasteiger partial charge in [0.25, 0.3) is 0 Å². The third-order valence-corrected chi connectivity index (χ3v) is 8.65. The van der Waals surface area contributed by atoms with Gasteiger partial charge in [-0.05, 0) is 42.2 Å². The van der Waals surface area contributed by atoms with Crippen LogP contribution in [-0.4, -0.2) is 48.0 Å². The van der Waals surface area contributed by atoms with E-state index in [1.807, 2.05) is 18.2 Å². The highest BCUT2D eigenvalue weighted by molar-refractivity contribution is 7.84. The number of aromatic nitrogens is 2. The first-order chi connectivity index (χ1) is 17.6. The quantitative estimate of drug-likeness (QED) is 0.292. The van der Waals surface area contributed by atoms with Crippen molar-refractivity contribution < 1.29 is 22.5 Å². The molecule has 0 radical (unpaired) electrons. The first kappa shape index (κ1) is 26.4. The van der Waals surface area contributed by atoms with Crippen LogP contribution in [0, 0.1) is 5.92 Å². The number of ketones is 1. The Morgan fingerprint density at radius 1 is 1.27 bits per heavy atom. The van der Waals surface area contributed by atoms with Crippen LogP contribution in [0.2, 0.25) is 9.36 Å². The van der Waals surface area contributed by atoms with Gasteiger partial charge in [0.2, 0.25) is 5.78 Å². The molecule has 0 saturated heterocycles. The average molecular weight is 585 g/mol. The summed E-state index contributed by atoms with van der Waals surface area (Å²) in [6.07, 6.45) is 2.68. The fourth-order valence-electron chi connectivity index (χ4n) is 4.81. The summed E-state index contributed by atoms with van der Waals surface area (Å²) in [5.74, 6) is -0.420. The summed E-state index contributed by atoms with van der Waals surface area (Å²) in [4.78, 5) is 22.2. The molecule has 5 rings (SSSR count). The van der Waals surface area contributed by atoms with Gasteiger partial charge in [-0.1, -0.05) is 29.3 Å². The average Bonchev–Trinajstić information content (AvgIpc) is 3.53. The van der Waals surface area contributed by atoms with Gasteiger partial charge < -0.3 is 15.7 Å². The molecule has 1 aromatic carbocycles. The number of nitrogens with zero attached hydrogens (tertiary/aromatic N) is 2. The Kier molecular flexibility index (Phi) is 7.53. The molecule has 0 bridgehead atoms. The number of nitrogens with two attached hydrogens (primary N) is 1. The smallest absolute Gasteiger partial charge is 0.333 e. The van der Waals surface area contributed by atoms with Crippen molar-refractivity contribution in [3.63, 3.8) is 0 Å². The molecule has 1 aliphatic heterocycles. The van der Waals surface area contributed by atoms with Crippen molar-refractivity contribution in [1.29, 1.82) is 0 Å². The topological polar surface area (TPSA) is 157 Å². The van der Waals surface area contributed by atoms with Crippen LogP contribution < -0.4 is 15.8 Å². The van der Waals surface area contributed by atoms with E-state index in [4.69, 9.17) is 28.3 Å². The van der Waals surface area contributed by atoms with Crippen LogP contribution in [0.5, 0.6) is 0 Å². The lowest BCUT2D eigenvalue weighted by atomic mass is 10.00. The second-order valence-electron chi connectivity index (χ2n) is 9.03. The van der Waals surface area contributed by atoms with Gasteiger partial charge in [-0.2, -0.15) is 8.42 Å². The fraction of sp³-hybridized carbons (Fsp3) is 0.348. The highest BCUT2D eigenvalue weighted by Crippen LogP contribution is 2.40. The molecule has 0 unspecified atom stereocenters. The molecule has 196 valence electrons. The first-order valence-corrected chi connectivity index (χ1v) is 14.4. The van der Waals surface area contributed by atoms with Crippen LogP contribution in [0.4, 0.5) is 5.82 Å². The predicted molar refractivity (Wildman–Crippen MR) is 140 cm³/mol. The third kappa shape index (κ3) is 5.81. The minimum Gasteiger partial charge on any atom is -0.393 e. The van der Waals surface area contributed by atoms with Crippen molar-refractivity contribution >= 4 is 56.4 Å². The maximum Gasteiger partial charge on any atom is 0.333 e. The second-order valence-corrected chi connectivity index (χ2v) is 12.3. The summed E-state index contributed by atoms with van der Waals surface area (Å²) in [6, 6.07) is 7.05. The number of carbonyl (C=O) groups excluding carboxylic acids is 1. The molecule has 5 N–H and O–H groups in total. The zero-order chi connectivity index (χ0) is 26.3. The number of hydrogen-bond acceptors (Lipinski definition) is 10. The second kappa shape index (κ2) is 10.5. The van der Waals surface area contributed by atoms with Gasteiger partial charge in [-0.15, -0.1) is 11.3 Å². The number of halogens is 2. The van der Waals surface area contributed by atoms with Crippen molar-refractivity contribution in [2.45, 2.75) is 37.6 Å². The van der Waals surface area contributed by atoms with Crippen LogP contribution in [0.25, 0.3) is 0 Å². The third-order valence-electron chi connectivity index (χ3n) is 6.57. The van der Waals surface area contributed by atoms with E-state index in [-0.39, 0.29) is 30.0 Å². The van der Waals surface area contributed by atoms with Crippen molar-refractivity contribution in [3.05, 3.63) is 73.3 Å². The zero-order valence-corrected chi connectivity index (χ0v) is 22.4. The molecule has 0 amide bonds. The molecule has 4 atom stereocenters. The predicted octanol–water partition coefficient (Wildman–Crippen LogP) is 3.04. The van der Waals surface area contributed by atoms with Crippen LogP contribution in [0.1, 0.15) is 50.8 Å². The first-order valence-electron chi connectivity index (χ1n) is 11.4. The van der Waals surface area contributed by atoms with E-state index in [9.17, 15) is 18.3 Å². The van der Waals surface area contributed by atoms with Crippen LogP contribution >= 0.6 is 34.5 Å². The van der Waals surface area contributed by atoms with E-state index in [1.165, 1.54) is 23.9 Å². The van der Waals surface area contributed by atoms with E-state index >= 15 is 0 Å². The van der Waals surface area contributed by atoms with Crippen molar-refractivity contribution in [1.82, 2.24) is 15.3 Å². The highest BCUT2D eigenvalue weighted by atomic mass is 35.5. The lowest BCUT2D eigenvalue weighted by Gasteiger charge is -2.15. The SMILES string of the molecule is NS(=O)(=O)OC[C@H]1C[C@@H](Nc2ncncc2C(=O)c2cc([C@@H]3NCc4ccc(Cl)cc43)c(Cl)s2)C[C@@H]1O. The number of hydrogen-bond donors (Lipinski definition) is 4. The van der Waals surface area contributed by atoms with Gasteiger partial charge in [0.1, 0.15) is 12.1 Å². The molecule has 1 fully saturated rings. The van der Waals surface area contributed by atoms with Gasteiger partial charge in [0, 0.05) is 35.3 Å². The summed E-state index contributed by atoms with van der Waals surface area (Å²) in [5.41, 5.74) is 3.20. The molecular weight excluding hydrogens is 561 g/mol. The zero-order valence-electron chi connectivity index (χ0n) is 19.2. The molecule has 10 nitrogen and oxygen atoms in total. The van der Waals surface area contributed by atoms with Gasteiger partial charge in [-0.25, -0.2) is 15.1 Å². The molecule has 2 aromatic heterocycles. The molecule has 1 aliphatic carbocycles. The summed E-state index contributed by atoms with van der Waals surface area (Å²) < 4.78 is 27.3.